The number of carbonyl (C=O) groups is 1. The van der Waals surface area contributed by atoms with Gasteiger partial charge in [-0.3, -0.25) is 19.1 Å². The fourth-order valence-corrected chi connectivity index (χ4v) is 2.57. The van der Waals surface area contributed by atoms with Crippen molar-refractivity contribution in [1.29, 1.82) is 0 Å². The standard InChI is InChI=1S/C15H18N6O4/c1-25-12-2-4-16-14(18-12)20-8-6-19(7-9-20)13(23)10-21-5-3-11(22)17-15(21)24/h2-5H,6-10H2,1H3,(H,17,22,24). The Morgan fingerprint density at radius 1 is 1.24 bits per heavy atom. The lowest BCUT2D eigenvalue weighted by Gasteiger charge is -2.34. The Morgan fingerprint density at radius 2 is 2.00 bits per heavy atom. The number of ether oxygens (including phenoxy) is 1. The highest BCUT2D eigenvalue weighted by atomic mass is 16.5. The number of hydrogen-bond donors (Lipinski definition) is 1. The minimum Gasteiger partial charge on any atom is -0.481 e. The predicted molar refractivity (Wildman–Crippen MR) is 88.7 cm³/mol. The summed E-state index contributed by atoms with van der Waals surface area (Å²) in [6.45, 7) is 2.05. The number of aromatic amines is 1. The molecule has 0 aliphatic carbocycles. The average molecular weight is 346 g/mol. The third-order valence-electron chi connectivity index (χ3n) is 3.94. The molecule has 1 aliphatic heterocycles. The molecule has 1 saturated heterocycles. The van der Waals surface area contributed by atoms with E-state index in [1.165, 1.54) is 16.8 Å². The van der Waals surface area contributed by atoms with Crippen molar-refractivity contribution in [1.82, 2.24) is 24.4 Å². The Hall–Kier alpha value is -3.17. The molecule has 132 valence electrons. The molecule has 0 radical (unpaired) electrons. The van der Waals surface area contributed by atoms with E-state index in [0.717, 1.165) is 0 Å². The molecule has 0 bridgehead atoms. The van der Waals surface area contributed by atoms with Gasteiger partial charge in [0.1, 0.15) is 6.54 Å². The molecule has 0 saturated carbocycles. The highest BCUT2D eigenvalue weighted by Gasteiger charge is 2.23. The third-order valence-corrected chi connectivity index (χ3v) is 3.94. The van der Waals surface area contributed by atoms with E-state index < -0.39 is 11.2 Å². The molecular weight excluding hydrogens is 328 g/mol. The molecule has 0 spiro atoms. The van der Waals surface area contributed by atoms with Gasteiger partial charge in [0.2, 0.25) is 17.7 Å². The maximum atomic E-state index is 12.4. The molecule has 1 amide bonds. The second-order valence-electron chi connectivity index (χ2n) is 5.50. The van der Waals surface area contributed by atoms with Crippen LogP contribution in [0.25, 0.3) is 0 Å². The summed E-state index contributed by atoms with van der Waals surface area (Å²) in [6.07, 6.45) is 2.95. The van der Waals surface area contributed by atoms with Crippen LogP contribution in [0.1, 0.15) is 0 Å². The first-order chi connectivity index (χ1) is 12.1. The molecule has 2 aromatic rings. The van der Waals surface area contributed by atoms with Gasteiger partial charge < -0.3 is 14.5 Å². The fourth-order valence-electron chi connectivity index (χ4n) is 2.57. The second kappa shape index (κ2) is 7.16. The van der Waals surface area contributed by atoms with Crippen molar-refractivity contribution in [2.75, 3.05) is 38.2 Å². The van der Waals surface area contributed by atoms with E-state index in [9.17, 15) is 14.4 Å². The predicted octanol–water partition coefficient (Wildman–Crippen LogP) is -1.32. The van der Waals surface area contributed by atoms with Crippen molar-refractivity contribution in [2.24, 2.45) is 0 Å². The molecule has 2 aromatic heterocycles. The number of piperazine rings is 1. The van der Waals surface area contributed by atoms with Crippen molar-refractivity contribution in [3.63, 3.8) is 0 Å². The smallest absolute Gasteiger partial charge is 0.328 e. The van der Waals surface area contributed by atoms with Crippen LogP contribution in [-0.2, 0) is 11.3 Å². The van der Waals surface area contributed by atoms with Gasteiger partial charge in [0.05, 0.1) is 7.11 Å². The zero-order valence-electron chi connectivity index (χ0n) is 13.7. The monoisotopic (exact) mass is 346 g/mol. The van der Waals surface area contributed by atoms with E-state index in [2.05, 4.69) is 15.0 Å². The molecule has 1 N–H and O–H groups in total. The van der Waals surface area contributed by atoms with Crippen molar-refractivity contribution in [3.8, 4) is 5.88 Å². The summed E-state index contributed by atoms with van der Waals surface area (Å²) in [4.78, 5) is 49.3. The number of nitrogens with zero attached hydrogens (tertiary/aromatic N) is 5. The van der Waals surface area contributed by atoms with E-state index in [1.54, 1.807) is 24.3 Å². The lowest BCUT2D eigenvalue weighted by atomic mass is 10.3. The first-order valence-electron chi connectivity index (χ1n) is 7.76. The summed E-state index contributed by atoms with van der Waals surface area (Å²) in [5.74, 6) is 0.865. The van der Waals surface area contributed by atoms with Gasteiger partial charge in [-0.05, 0) is 0 Å². The van der Waals surface area contributed by atoms with Crippen LogP contribution in [0.15, 0.2) is 34.1 Å². The number of aromatic nitrogens is 4. The highest BCUT2D eigenvalue weighted by molar-refractivity contribution is 5.76. The Morgan fingerprint density at radius 3 is 2.68 bits per heavy atom. The first-order valence-corrected chi connectivity index (χ1v) is 7.76. The Kier molecular flexibility index (Phi) is 4.78. The van der Waals surface area contributed by atoms with Crippen LogP contribution in [0, 0.1) is 0 Å². The summed E-state index contributed by atoms with van der Waals surface area (Å²) >= 11 is 0. The number of hydrogen-bond acceptors (Lipinski definition) is 7. The van der Waals surface area contributed by atoms with Crippen LogP contribution in [0.3, 0.4) is 0 Å². The van der Waals surface area contributed by atoms with Crippen LogP contribution >= 0.6 is 0 Å². The Bertz CT molecular complexity index is 869. The van der Waals surface area contributed by atoms with E-state index in [0.29, 0.717) is 38.0 Å². The number of anilines is 1. The van der Waals surface area contributed by atoms with Gasteiger partial charge in [-0.25, -0.2) is 9.78 Å². The SMILES string of the molecule is COc1ccnc(N2CCN(C(=O)Cn3ccc(=O)[nH]c3=O)CC2)n1. The minimum atomic E-state index is -0.593. The highest BCUT2D eigenvalue weighted by Crippen LogP contribution is 2.14. The van der Waals surface area contributed by atoms with Gasteiger partial charge in [0.25, 0.3) is 5.56 Å². The Labute approximate surface area is 142 Å². The van der Waals surface area contributed by atoms with Crippen LogP contribution < -0.4 is 20.9 Å². The van der Waals surface area contributed by atoms with E-state index in [-0.39, 0.29) is 12.5 Å². The van der Waals surface area contributed by atoms with Crippen LogP contribution in [0.4, 0.5) is 5.95 Å². The molecule has 0 unspecified atom stereocenters. The largest absolute Gasteiger partial charge is 0.481 e. The van der Waals surface area contributed by atoms with Gasteiger partial charge in [0, 0.05) is 50.7 Å². The molecule has 1 fully saturated rings. The first kappa shape index (κ1) is 16.7. The molecule has 0 aromatic carbocycles. The summed E-state index contributed by atoms with van der Waals surface area (Å²) in [5.41, 5.74) is -1.08. The quantitative estimate of drug-likeness (QED) is 0.731. The molecule has 10 nitrogen and oxygen atoms in total. The summed E-state index contributed by atoms with van der Waals surface area (Å²) < 4.78 is 6.27. The molecule has 0 atom stereocenters. The molecule has 3 heterocycles. The lowest BCUT2D eigenvalue weighted by Crippen LogP contribution is -2.50. The number of rotatable bonds is 4. The zero-order chi connectivity index (χ0) is 17.8. The number of H-pyrrole nitrogens is 1. The van der Waals surface area contributed by atoms with Gasteiger partial charge in [-0.2, -0.15) is 4.98 Å². The number of methoxy groups -OCH3 is 1. The van der Waals surface area contributed by atoms with Crippen molar-refractivity contribution < 1.29 is 9.53 Å². The fraction of sp³-hybridized carbons (Fsp3) is 0.400. The summed E-state index contributed by atoms with van der Waals surface area (Å²) in [6, 6.07) is 2.89. The number of amides is 1. The maximum Gasteiger partial charge on any atom is 0.328 e. The van der Waals surface area contributed by atoms with Gasteiger partial charge in [0.15, 0.2) is 0 Å². The summed E-state index contributed by atoms with van der Waals surface area (Å²) in [5, 5.41) is 0. The number of carbonyl (C=O) groups excluding carboxylic acids is 1. The third kappa shape index (κ3) is 3.84. The van der Waals surface area contributed by atoms with Crippen molar-refractivity contribution >= 4 is 11.9 Å². The minimum absolute atomic E-state index is 0.106. The van der Waals surface area contributed by atoms with E-state index in [1.807, 2.05) is 4.90 Å². The van der Waals surface area contributed by atoms with Crippen LogP contribution in [0.2, 0.25) is 0 Å². The van der Waals surface area contributed by atoms with Crippen molar-refractivity contribution in [3.05, 3.63) is 45.4 Å². The maximum absolute atomic E-state index is 12.4. The molecule has 25 heavy (non-hydrogen) atoms. The lowest BCUT2D eigenvalue weighted by molar-refractivity contribution is -0.132. The van der Waals surface area contributed by atoms with Crippen molar-refractivity contribution in [2.45, 2.75) is 6.54 Å². The molecule has 3 rings (SSSR count). The van der Waals surface area contributed by atoms with Gasteiger partial charge >= 0.3 is 5.69 Å². The van der Waals surface area contributed by atoms with E-state index in [4.69, 9.17) is 4.74 Å². The topological polar surface area (TPSA) is 113 Å². The Balaban J connectivity index is 1.60. The second-order valence-corrected chi connectivity index (χ2v) is 5.50. The normalized spacial score (nSPS) is 14.4. The van der Waals surface area contributed by atoms with Crippen LogP contribution in [0.5, 0.6) is 5.88 Å². The zero-order valence-corrected chi connectivity index (χ0v) is 13.7. The van der Waals surface area contributed by atoms with Crippen LogP contribution in [-0.4, -0.2) is 63.6 Å². The molecule has 1 aliphatic rings. The number of nitrogens with one attached hydrogen (secondary N) is 1. The molecular formula is C15H18N6O4. The van der Waals surface area contributed by atoms with E-state index >= 15 is 0 Å². The summed E-state index contributed by atoms with van der Waals surface area (Å²) in [7, 11) is 1.54. The molecule has 10 heteroatoms. The average Bonchev–Trinajstić information content (AvgIpc) is 2.64. The van der Waals surface area contributed by atoms with Gasteiger partial charge in [-0.15, -0.1) is 0 Å². The van der Waals surface area contributed by atoms with Gasteiger partial charge in [-0.1, -0.05) is 0 Å².